The van der Waals surface area contributed by atoms with Crippen LogP contribution in [0.3, 0.4) is 0 Å². The van der Waals surface area contributed by atoms with E-state index in [0.29, 0.717) is 16.8 Å². The Morgan fingerprint density at radius 1 is 0.900 bits per heavy atom. The first-order chi connectivity index (χ1) is 14.3. The van der Waals surface area contributed by atoms with E-state index in [1.54, 1.807) is 0 Å². The van der Waals surface area contributed by atoms with Crippen LogP contribution in [0, 0.1) is 11.6 Å². The summed E-state index contributed by atoms with van der Waals surface area (Å²) in [5, 5.41) is 0.285. The number of esters is 2. The van der Waals surface area contributed by atoms with Gasteiger partial charge >= 0.3 is 11.9 Å². The minimum Gasteiger partial charge on any atom is -0.465 e. The van der Waals surface area contributed by atoms with E-state index in [9.17, 15) is 18.4 Å². The molecule has 0 N–H and O–H groups in total. The molecule has 6 nitrogen and oxygen atoms in total. The van der Waals surface area contributed by atoms with Gasteiger partial charge in [-0.25, -0.2) is 23.4 Å². The SMILES string of the molecule is COC(=O)c1ccnc(Cc2c(F)cccc2F)c1.COC(=O)c1ccnc(Cl)c1. The van der Waals surface area contributed by atoms with Gasteiger partial charge in [0.1, 0.15) is 16.8 Å². The molecule has 0 radical (unpaired) electrons. The number of benzene rings is 1. The van der Waals surface area contributed by atoms with Crippen LogP contribution in [-0.4, -0.2) is 36.1 Å². The molecule has 0 aliphatic rings. The Morgan fingerprint density at radius 2 is 1.43 bits per heavy atom. The Labute approximate surface area is 176 Å². The summed E-state index contributed by atoms with van der Waals surface area (Å²) < 4.78 is 36.0. The number of hydrogen-bond acceptors (Lipinski definition) is 6. The van der Waals surface area contributed by atoms with Crippen LogP contribution in [0.4, 0.5) is 8.78 Å². The zero-order valence-corrected chi connectivity index (χ0v) is 16.8. The van der Waals surface area contributed by atoms with E-state index in [1.807, 2.05) is 0 Å². The lowest BCUT2D eigenvalue weighted by molar-refractivity contribution is 0.0591. The van der Waals surface area contributed by atoms with Crippen LogP contribution < -0.4 is 0 Å². The predicted octanol–water partition coefficient (Wildman–Crippen LogP) is 4.26. The third-order valence-corrected chi connectivity index (χ3v) is 4.01. The Morgan fingerprint density at radius 3 is 1.97 bits per heavy atom. The van der Waals surface area contributed by atoms with Crippen molar-refractivity contribution >= 4 is 23.5 Å². The summed E-state index contributed by atoms with van der Waals surface area (Å²) >= 11 is 5.53. The monoisotopic (exact) mass is 434 g/mol. The van der Waals surface area contributed by atoms with Crippen LogP contribution in [0.5, 0.6) is 0 Å². The van der Waals surface area contributed by atoms with Crippen LogP contribution >= 0.6 is 11.6 Å². The molecule has 0 fully saturated rings. The first-order valence-electron chi connectivity index (χ1n) is 8.51. The van der Waals surface area contributed by atoms with Gasteiger partial charge in [0.25, 0.3) is 0 Å². The first-order valence-corrected chi connectivity index (χ1v) is 8.89. The second-order valence-corrected chi connectivity index (χ2v) is 6.15. The van der Waals surface area contributed by atoms with Crippen LogP contribution in [0.15, 0.2) is 54.9 Å². The van der Waals surface area contributed by atoms with Crippen molar-refractivity contribution in [3.63, 3.8) is 0 Å². The van der Waals surface area contributed by atoms with Gasteiger partial charge in [-0.1, -0.05) is 17.7 Å². The fourth-order valence-electron chi connectivity index (χ4n) is 2.35. The Balaban J connectivity index is 0.000000248. The molecule has 0 saturated carbocycles. The molecule has 0 bridgehead atoms. The molecule has 3 rings (SSSR count). The van der Waals surface area contributed by atoms with E-state index < -0.39 is 23.6 Å². The van der Waals surface area contributed by atoms with Gasteiger partial charge in [0, 0.05) is 30.1 Å². The maximum Gasteiger partial charge on any atom is 0.338 e. The van der Waals surface area contributed by atoms with E-state index in [4.69, 9.17) is 11.6 Å². The third-order valence-electron chi connectivity index (χ3n) is 3.80. The highest BCUT2D eigenvalue weighted by molar-refractivity contribution is 6.29. The number of rotatable bonds is 4. The molecule has 9 heteroatoms. The summed E-state index contributed by atoms with van der Waals surface area (Å²) in [6.07, 6.45) is 2.83. The second-order valence-electron chi connectivity index (χ2n) is 5.76. The topological polar surface area (TPSA) is 78.4 Å². The molecule has 0 amide bonds. The average Bonchev–Trinajstić information content (AvgIpc) is 2.76. The Kier molecular flexibility index (Phi) is 8.37. The van der Waals surface area contributed by atoms with Gasteiger partial charge in [0.2, 0.25) is 0 Å². The summed E-state index contributed by atoms with van der Waals surface area (Å²) in [6, 6.07) is 9.59. The lowest BCUT2D eigenvalue weighted by Crippen LogP contribution is -2.04. The number of carbonyl (C=O) groups excluding carboxylic acids is 2. The van der Waals surface area contributed by atoms with Crippen molar-refractivity contribution in [2.45, 2.75) is 6.42 Å². The molecule has 2 aromatic heterocycles. The van der Waals surface area contributed by atoms with Crippen LogP contribution in [0.2, 0.25) is 5.15 Å². The minimum atomic E-state index is -0.634. The Hall–Kier alpha value is -3.39. The molecular weight excluding hydrogens is 418 g/mol. The third kappa shape index (κ3) is 6.31. The Bertz CT molecular complexity index is 1030. The van der Waals surface area contributed by atoms with Crippen molar-refractivity contribution in [1.82, 2.24) is 9.97 Å². The highest BCUT2D eigenvalue weighted by Crippen LogP contribution is 2.16. The van der Waals surface area contributed by atoms with Crippen molar-refractivity contribution in [2.75, 3.05) is 14.2 Å². The van der Waals surface area contributed by atoms with Gasteiger partial charge in [-0.3, -0.25) is 4.98 Å². The molecule has 0 unspecified atom stereocenters. The summed E-state index contributed by atoms with van der Waals surface area (Å²) in [7, 11) is 2.58. The van der Waals surface area contributed by atoms with Gasteiger partial charge < -0.3 is 9.47 Å². The highest BCUT2D eigenvalue weighted by atomic mass is 35.5. The van der Waals surface area contributed by atoms with E-state index in [2.05, 4.69) is 19.4 Å². The molecule has 2 heterocycles. The molecule has 0 aliphatic carbocycles. The van der Waals surface area contributed by atoms with Crippen molar-refractivity contribution in [3.8, 4) is 0 Å². The first kappa shape index (κ1) is 22.9. The number of ether oxygens (including phenoxy) is 2. The molecular formula is C21H17ClF2N2O4. The number of aromatic nitrogens is 2. The van der Waals surface area contributed by atoms with Crippen molar-refractivity contribution in [2.24, 2.45) is 0 Å². The second kappa shape index (κ2) is 11.0. The largest absolute Gasteiger partial charge is 0.465 e. The van der Waals surface area contributed by atoms with Crippen molar-refractivity contribution in [1.29, 1.82) is 0 Å². The van der Waals surface area contributed by atoms with Crippen molar-refractivity contribution < 1.29 is 27.8 Å². The molecule has 156 valence electrons. The summed E-state index contributed by atoms with van der Waals surface area (Å²) in [5.74, 6) is -2.19. The number of carbonyl (C=O) groups is 2. The fourth-order valence-corrected chi connectivity index (χ4v) is 2.52. The minimum absolute atomic E-state index is 0.0245. The quantitative estimate of drug-likeness (QED) is 0.451. The van der Waals surface area contributed by atoms with Gasteiger partial charge in [-0.05, 0) is 36.4 Å². The smallest absolute Gasteiger partial charge is 0.338 e. The van der Waals surface area contributed by atoms with Gasteiger partial charge in [0.15, 0.2) is 0 Å². The fraction of sp³-hybridized carbons (Fsp3) is 0.143. The van der Waals surface area contributed by atoms with Gasteiger partial charge in [-0.15, -0.1) is 0 Å². The van der Waals surface area contributed by atoms with Crippen molar-refractivity contribution in [3.05, 3.63) is 94.0 Å². The van der Waals surface area contributed by atoms with Gasteiger partial charge in [-0.2, -0.15) is 0 Å². The molecule has 0 aliphatic heterocycles. The molecule has 0 saturated heterocycles. The summed E-state index contributed by atoms with van der Waals surface area (Å²) in [5.41, 5.74) is 1.03. The summed E-state index contributed by atoms with van der Waals surface area (Å²) in [6.45, 7) is 0. The van der Waals surface area contributed by atoms with Crippen LogP contribution in [0.1, 0.15) is 32.0 Å². The normalized spacial score (nSPS) is 9.90. The average molecular weight is 435 g/mol. The summed E-state index contributed by atoms with van der Waals surface area (Å²) in [4.78, 5) is 29.9. The maximum atomic E-state index is 13.5. The highest BCUT2D eigenvalue weighted by Gasteiger charge is 2.12. The zero-order valence-electron chi connectivity index (χ0n) is 16.1. The van der Waals surface area contributed by atoms with E-state index in [1.165, 1.54) is 69.1 Å². The number of methoxy groups -OCH3 is 2. The van der Waals surface area contributed by atoms with E-state index in [0.717, 1.165) is 0 Å². The van der Waals surface area contributed by atoms with E-state index >= 15 is 0 Å². The number of halogens is 3. The maximum absolute atomic E-state index is 13.5. The zero-order chi connectivity index (χ0) is 22.1. The molecule has 1 aromatic carbocycles. The lowest BCUT2D eigenvalue weighted by Gasteiger charge is -2.05. The molecule has 30 heavy (non-hydrogen) atoms. The van der Waals surface area contributed by atoms with E-state index in [-0.39, 0.29) is 17.1 Å². The molecule has 0 spiro atoms. The lowest BCUT2D eigenvalue weighted by atomic mass is 10.1. The van der Waals surface area contributed by atoms with Crippen LogP contribution in [-0.2, 0) is 15.9 Å². The predicted molar refractivity (Wildman–Crippen MR) is 105 cm³/mol. The standard InChI is InChI=1S/C14H11F2NO2.C7H6ClNO2/c1-19-14(18)9-5-6-17-10(7-9)8-11-12(15)3-2-4-13(11)16;1-11-7(10)5-2-3-9-6(8)4-5/h2-7H,8H2,1H3;2-4H,1H3. The molecule has 0 atom stereocenters. The van der Waals surface area contributed by atoms with Crippen LogP contribution in [0.25, 0.3) is 0 Å². The van der Waals surface area contributed by atoms with Gasteiger partial charge in [0.05, 0.1) is 25.3 Å². The molecule has 3 aromatic rings. The number of nitrogens with zero attached hydrogens (tertiary/aromatic N) is 2. The number of hydrogen-bond donors (Lipinski definition) is 0. The number of pyridine rings is 2.